The summed E-state index contributed by atoms with van der Waals surface area (Å²) in [6.45, 7) is 4.24. The minimum atomic E-state index is -1.15. The van der Waals surface area contributed by atoms with Gasteiger partial charge in [0.15, 0.2) is 0 Å². The quantitative estimate of drug-likeness (QED) is 0.884. The van der Waals surface area contributed by atoms with Crippen LogP contribution in [-0.2, 0) is 5.60 Å². The molecule has 0 spiro atoms. The fraction of sp³-hybridized carbons (Fsp3) is 0.333. The molecule has 0 aliphatic rings. The summed E-state index contributed by atoms with van der Waals surface area (Å²) in [5.41, 5.74) is 6.91. The van der Waals surface area contributed by atoms with Crippen molar-refractivity contribution in [2.45, 2.75) is 31.9 Å². The van der Waals surface area contributed by atoms with Gasteiger partial charge in [-0.2, -0.15) is 0 Å². The molecule has 1 atom stereocenters. The molecule has 0 heterocycles. The highest BCUT2D eigenvalue weighted by Crippen LogP contribution is 2.34. The molecule has 3 heteroatoms. The number of hydrogen-bond acceptors (Lipinski definition) is 2. The molecule has 2 aromatic rings. The number of halogens is 1. The topological polar surface area (TPSA) is 46.2 Å². The van der Waals surface area contributed by atoms with E-state index in [1.54, 1.807) is 0 Å². The van der Waals surface area contributed by atoms with Crippen LogP contribution >= 0.6 is 12.4 Å². The van der Waals surface area contributed by atoms with E-state index < -0.39 is 5.60 Å². The Balaban J connectivity index is 0.00000220. The van der Waals surface area contributed by atoms with Gasteiger partial charge >= 0.3 is 0 Å². The van der Waals surface area contributed by atoms with Gasteiger partial charge in [-0.25, -0.2) is 0 Å². The van der Waals surface area contributed by atoms with E-state index in [0.29, 0.717) is 5.92 Å². The smallest absolute Gasteiger partial charge is 0.130 e. The summed E-state index contributed by atoms with van der Waals surface area (Å²) in [4.78, 5) is 0. The maximum absolute atomic E-state index is 11.3. The van der Waals surface area contributed by atoms with Gasteiger partial charge < -0.3 is 10.8 Å². The van der Waals surface area contributed by atoms with Crippen molar-refractivity contribution in [1.29, 1.82) is 0 Å². The minimum absolute atomic E-state index is 0. The van der Waals surface area contributed by atoms with Crippen LogP contribution in [0.2, 0.25) is 0 Å². The Labute approximate surface area is 133 Å². The molecule has 0 bridgehead atoms. The van der Waals surface area contributed by atoms with Gasteiger partial charge in [-0.1, -0.05) is 74.5 Å². The van der Waals surface area contributed by atoms with Crippen LogP contribution in [0.15, 0.2) is 60.7 Å². The van der Waals surface area contributed by atoms with Crippen molar-refractivity contribution < 1.29 is 5.11 Å². The van der Waals surface area contributed by atoms with E-state index in [2.05, 4.69) is 13.8 Å². The molecule has 2 rings (SSSR count). The summed E-state index contributed by atoms with van der Waals surface area (Å²) in [5.74, 6) is 0.434. The van der Waals surface area contributed by atoms with E-state index in [1.165, 1.54) is 0 Å². The van der Waals surface area contributed by atoms with Crippen LogP contribution in [0.4, 0.5) is 0 Å². The number of hydrogen-bond donors (Lipinski definition) is 2. The van der Waals surface area contributed by atoms with Crippen molar-refractivity contribution >= 4 is 12.4 Å². The van der Waals surface area contributed by atoms with Crippen LogP contribution in [0.25, 0.3) is 0 Å². The molecule has 0 aliphatic heterocycles. The first-order chi connectivity index (χ1) is 9.55. The van der Waals surface area contributed by atoms with E-state index in [1.807, 2.05) is 60.7 Å². The maximum atomic E-state index is 11.3. The van der Waals surface area contributed by atoms with Crippen LogP contribution in [0.3, 0.4) is 0 Å². The third-order valence-corrected chi connectivity index (χ3v) is 3.69. The summed E-state index contributed by atoms with van der Waals surface area (Å²) in [7, 11) is 0. The normalized spacial score (nSPS) is 12.8. The zero-order valence-electron chi connectivity index (χ0n) is 12.6. The number of aliphatic hydroxyl groups is 1. The molecule has 0 amide bonds. The summed E-state index contributed by atoms with van der Waals surface area (Å²) < 4.78 is 0. The molecule has 0 aliphatic carbocycles. The second-order valence-corrected chi connectivity index (χ2v) is 5.73. The Bertz CT molecular complexity index is 488. The van der Waals surface area contributed by atoms with E-state index in [-0.39, 0.29) is 18.4 Å². The molecule has 21 heavy (non-hydrogen) atoms. The van der Waals surface area contributed by atoms with E-state index in [0.717, 1.165) is 17.5 Å². The van der Waals surface area contributed by atoms with Crippen molar-refractivity contribution in [1.82, 2.24) is 0 Å². The van der Waals surface area contributed by atoms with Gasteiger partial charge in [0.1, 0.15) is 5.60 Å². The van der Waals surface area contributed by atoms with Crippen LogP contribution in [-0.4, -0.2) is 11.1 Å². The monoisotopic (exact) mass is 305 g/mol. The van der Waals surface area contributed by atoms with Gasteiger partial charge in [0.05, 0.1) is 0 Å². The molecular formula is C18H24ClNO. The van der Waals surface area contributed by atoms with Crippen molar-refractivity contribution in [2.75, 3.05) is 0 Å². The Morgan fingerprint density at radius 1 is 0.905 bits per heavy atom. The predicted octanol–water partition coefficient (Wildman–Crippen LogP) is 3.72. The van der Waals surface area contributed by atoms with Gasteiger partial charge in [0.25, 0.3) is 0 Å². The molecule has 0 radical (unpaired) electrons. The minimum Gasteiger partial charge on any atom is -0.379 e. The molecule has 0 saturated heterocycles. The lowest BCUT2D eigenvalue weighted by Crippen LogP contribution is -2.47. The van der Waals surface area contributed by atoms with Crippen LogP contribution in [0, 0.1) is 5.92 Å². The second kappa shape index (κ2) is 7.60. The summed E-state index contributed by atoms with van der Waals surface area (Å²) in [6.07, 6.45) is 0.764. The first-order valence-corrected chi connectivity index (χ1v) is 7.14. The van der Waals surface area contributed by atoms with Gasteiger partial charge in [-0.05, 0) is 23.5 Å². The van der Waals surface area contributed by atoms with Crippen LogP contribution in [0.5, 0.6) is 0 Å². The van der Waals surface area contributed by atoms with Crippen LogP contribution in [0.1, 0.15) is 31.4 Å². The lowest BCUT2D eigenvalue weighted by atomic mass is 9.78. The molecule has 114 valence electrons. The SMILES string of the molecule is CC(C)C[C@H](N)C(O)(c1ccccc1)c1ccccc1.Cl. The third kappa shape index (κ3) is 3.85. The molecule has 0 saturated carbocycles. The summed E-state index contributed by atoms with van der Waals surface area (Å²) >= 11 is 0. The van der Waals surface area contributed by atoms with Crippen molar-refractivity contribution in [2.24, 2.45) is 11.7 Å². The molecule has 0 fully saturated rings. The predicted molar refractivity (Wildman–Crippen MR) is 90.6 cm³/mol. The third-order valence-electron chi connectivity index (χ3n) is 3.69. The zero-order valence-corrected chi connectivity index (χ0v) is 13.4. The molecular weight excluding hydrogens is 282 g/mol. The van der Waals surface area contributed by atoms with E-state index in [4.69, 9.17) is 5.73 Å². The largest absolute Gasteiger partial charge is 0.379 e. The number of nitrogens with two attached hydrogens (primary N) is 1. The first-order valence-electron chi connectivity index (χ1n) is 7.14. The Kier molecular flexibility index (Phi) is 6.41. The average Bonchev–Trinajstić information content (AvgIpc) is 2.47. The molecule has 0 aromatic heterocycles. The van der Waals surface area contributed by atoms with Gasteiger partial charge in [0.2, 0.25) is 0 Å². The highest BCUT2D eigenvalue weighted by molar-refractivity contribution is 5.85. The highest BCUT2D eigenvalue weighted by Gasteiger charge is 2.38. The fourth-order valence-corrected chi connectivity index (χ4v) is 2.66. The van der Waals surface area contributed by atoms with E-state index in [9.17, 15) is 5.11 Å². The number of benzene rings is 2. The Morgan fingerprint density at radius 2 is 1.29 bits per heavy atom. The first kappa shape index (κ1) is 17.7. The Morgan fingerprint density at radius 3 is 1.62 bits per heavy atom. The zero-order chi connectivity index (χ0) is 14.6. The van der Waals surface area contributed by atoms with Crippen molar-refractivity contribution in [3.63, 3.8) is 0 Å². The van der Waals surface area contributed by atoms with Crippen molar-refractivity contribution in [3.05, 3.63) is 71.8 Å². The lowest BCUT2D eigenvalue weighted by Gasteiger charge is -2.36. The number of rotatable bonds is 5. The summed E-state index contributed by atoms with van der Waals surface area (Å²) in [6, 6.07) is 19.0. The molecule has 0 unspecified atom stereocenters. The molecule has 2 nitrogen and oxygen atoms in total. The average molecular weight is 306 g/mol. The van der Waals surface area contributed by atoms with E-state index >= 15 is 0 Å². The maximum Gasteiger partial charge on any atom is 0.130 e. The molecule has 3 N–H and O–H groups in total. The molecule has 2 aromatic carbocycles. The standard InChI is InChI=1S/C18H23NO.ClH/c1-14(2)13-17(19)18(20,15-9-5-3-6-10-15)16-11-7-4-8-12-16;/h3-12,14,17,20H,13,19H2,1-2H3;1H/t17-;/m0./s1. The van der Waals surface area contributed by atoms with Crippen LogP contribution < -0.4 is 5.73 Å². The highest BCUT2D eigenvalue weighted by atomic mass is 35.5. The van der Waals surface area contributed by atoms with Crippen molar-refractivity contribution in [3.8, 4) is 0 Å². The lowest BCUT2D eigenvalue weighted by molar-refractivity contribution is 0.0442. The second-order valence-electron chi connectivity index (χ2n) is 5.73. The van der Waals surface area contributed by atoms with Gasteiger partial charge in [0, 0.05) is 6.04 Å². The fourth-order valence-electron chi connectivity index (χ4n) is 2.66. The van der Waals surface area contributed by atoms with Gasteiger partial charge in [-0.3, -0.25) is 0 Å². The summed E-state index contributed by atoms with van der Waals surface area (Å²) in [5, 5.41) is 11.3. The Hall–Kier alpha value is -1.35. The van der Waals surface area contributed by atoms with Gasteiger partial charge in [-0.15, -0.1) is 12.4 Å².